The van der Waals surface area contributed by atoms with Crippen molar-refractivity contribution >= 4 is 27.6 Å². The highest BCUT2D eigenvalue weighted by Crippen LogP contribution is 2.25. The molecule has 0 radical (unpaired) electrons. The second-order valence-corrected chi connectivity index (χ2v) is 4.87. The van der Waals surface area contributed by atoms with Gasteiger partial charge in [-0.25, -0.2) is 4.79 Å². The normalized spacial score (nSPS) is 10.4. The van der Waals surface area contributed by atoms with Crippen molar-refractivity contribution in [1.29, 1.82) is 0 Å². The number of benzene rings is 1. The molecule has 8 heteroatoms. The Kier molecular flexibility index (Phi) is 7.88. The average Bonchev–Trinajstić information content (AvgIpc) is 2.46. The lowest BCUT2D eigenvalue weighted by atomic mass is 10.2. The van der Waals surface area contributed by atoms with E-state index in [0.717, 1.165) is 0 Å². The average molecular weight is 362 g/mol. The van der Waals surface area contributed by atoms with Gasteiger partial charge in [-0.2, -0.15) is 0 Å². The minimum absolute atomic E-state index is 0.144. The zero-order valence-electron chi connectivity index (χ0n) is 11.5. The number of carbonyl (C=O) groups is 1. The topological polar surface area (TPSA) is 87.9 Å². The van der Waals surface area contributed by atoms with E-state index in [1.807, 2.05) is 0 Å². The van der Waals surface area contributed by atoms with Gasteiger partial charge in [0, 0.05) is 26.2 Å². The van der Waals surface area contributed by atoms with Crippen molar-refractivity contribution < 1.29 is 23.9 Å². The predicted octanol–water partition coefficient (Wildman–Crippen LogP) is 2.57. The van der Waals surface area contributed by atoms with Crippen LogP contribution in [0.4, 0.5) is 5.69 Å². The molecule has 1 aromatic carbocycles. The molecule has 0 atom stereocenters. The number of esters is 1. The first kappa shape index (κ1) is 17.5. The molecule has 1 rings (SSSR count). The summed E-state index contributed by atoms with van der Waals surface area (Å²) in [5.41, 5.74) is -0.0300. The lowest BCUT2D eigenvalue weighted by Crippen LogP contribution is -2.10. The molecule has 0 fully saturated rings. The third-order valence-corrected chi connectivity index (χ3v) is 3.15. The number of nitro benzene ring substituents is 1. The summed E-state index contributed by atoms with van der Waals surface area (Å²) in [6.45, 7) is 1.65. The maximum atomic E-state index is 11.7. The Morgan fingerprint density at radius 1 is 1.29 bits per heavy atom. The van der Waals surface area contributed by atoms with Gasteiger partial charge >= 0.3 is 5.97 Å². The second kappa shape index (κ2) is 9.43. The molecule has 0 aliphatic heterocycles. The number of hydrogen-bond acceptors (Lipinski definition) is 6. The van der Waals surface area contributed by atoms with Gasteiger partial charge in [0.25, 0.3) is 5.69 Å². The van der Waals surface area contributed by atoms with Gasteiger partial charge in [-0.1, -0.05) is 0 Å². The molecule has 0 unspecified atom stereocenters. The number of nitrogens with zero attached hydrogens (tertiary/aromatic N) is 1. The molecule has 0 aromatic heterocycles. The van der Waals surface area contributed by atoms with Crippen LogP contribution in [0.1, 0.15) is 16.8 Å². The van der Waals surface area contributed by atoms with Crippen molar-refractivity contribution in [2.45, 2.75) is 6.42 Å². The Labute approximate surface area is 130 Å². The molecule has 0 aliphatic carbocycles. The third-order valence-electron chi connectivity index (χ3n) is 2.48. The fourth-order valence-corrected chi connectivity index (χ4v) is 1.82. The summed E-state index contributed by atoms with van der Waals surface area (Å²) in [5, 5.41) is 10.8. The lowest BCUT2D eigenvalue weighted by molar-refractivity contribution is -0.385. The zero-order valence-corrected chi connectivity index (χ0v) is 13.1. The molecule has 0 saturated carbocycles. The first-order valence-corrected chi connectivity index (χ1v) is 7.03. The van der Waals surface area contributed by atoms with Gasteiger partial charge in [0.2, 0.25) is 0 Å². The first-order chi connectivity index (χ1) is 10.1. The SMILES string of the molecule is COCCOCCCOC(=O)c1ccc(Br)c([N+](=O)[O-])c1. The summed E-state index contributed by atoms with van der Waals surface area (Å²) >= 11 is 3.05. The van der Waals surface area contributed by atoms with Crippen LogP contribution in [0.15, 0.2) is 22.7 Å². The Bertz CT molecular complexity index is 494. The summed E-state index contributed by atoms with van der Waals surface area (Å²) in [7, 11) is 1.59. The number of rotatable bonds is 9. The van der Waals surface area contributed by atoms with Crippen LogP contribution in [0, 0.1) is 10.1 Å². The number of ether oxygens (including phenoxy) is 3. The van der Waals surface area contributed by atoms with Crippen molar-refractivity contribution in [3.05, 3.63) is 38.3 Å². The molecule has 116 valence electrons. The van der Waals surface area contributed by atoms with Crippen LogP contribution in [0.25, 0.3) is 0 Å². The van der Waals surface area contributed by atoms with Gasteiger partial charge in [-0.05, 0) is 28.1 Å². The second-order valence-electron chi connectivity index (χ2n) is 4.02. The number of hydrogen-bond donors (Lipinski definition) is 0. The highest BCUT2D eigenvalue weighted by molar-refractivity contribution is 9.10. The Hall–Kier alpha value is -1.51. The van der Waals surface area contributed by atoms with E-state index in [4.69, 9.17) is 14.2 Å². The van der Waals surface area contributed by atoms with Gasteiger partial charge in [-0.3, -0.25) is 10.1 Å². The number of nitro groups is 1. The molecule has 0 amide bonds. The van der Waals surface area contributed by atoms with E-state index in [1.54, 1.807) is 7.11 Å². The molecule has 1 aromatic rings. The fourth-order valence-electron chi connectivity index (χ4n) is 1.43. The summed E-state index contributed by atoms with van der Waals surface area (Å²) in [6, 6.07) is 4.10. The smallest absolute Gasteiger partial charge is 0.338 e. The highest BCUT2D eigenvalue weighted by atomic mass is 79.9. The van der Waals surface area contributed by atoms with Gasteiger partial charge < -0.3 is 14.2 Å². The van der Waals surface area contributed by atoms with Crippen molar-refractivity contribution in [2.24, 2.45) is 0 Å². The van der Waals surface area contributed by atoms with E-state index in [1.165, 1.54) is 18.2 Å². The fraction of sp³-hybridized carbons (Fsp3) is 0.462. The maximum absolute atomic E-state index is 11.7. The third kappa shape index (κ3) is 6.19. The summed E-state index contributed by atoms with van der Waals surface area (Å²) in [5.74, 6) is -0.595. The Morgan fingerprint density at radius 2 is 2.05 bits per heavy atom. The minimum atomic E-state index is -0.595. The monoisotopic (exact) mass is 361 g/mol. The number of halogens is 1. The van der Waals surface area contributed by atoms with Crippen molar-refractivity contribution in [3.63, 3.8) is 0 Å². The van der Waals surface area contributed by atoms with E-state index >= 15 is 0 Å². The van der Waals surface area contributed by atoms with E-state index in [9.17, 15) is 14.9 Å². The van der Waals surface area contributed by atoms with Crippen LogP contribution in [0.3, 0.4) is 0 Å². The molecule has 0 N–H and O–H groups in total. The van der Waals surface area contributed by atoms with E-state index in [-0.39, 0.29) is 17.9 Å². The van der Waals surface area contributed by atoms with Crippen LogP contribution in [0.5, 0.6) is 0 Å². The van der Waals surface area contributed by atoms with Crippen molar-refractivity contribution in [2.75, 3.05) is 33.5 Å². The quantitative estimate of drug-likeness (QED) is 0.290. The largest absolute Gasteiger partial charge is 0.462 e. The number of methoxy groups -OCH3 is 1. The van der Waals surface area contributed by atoms with Crippen LogP contribution in [0.2, 0.25) is 0 Å². The van der Waals surface area contributed by atoms with Gasteiger partial charge in [0.15, 0.2) is 0 Å². The van der Waals surface area contributed by atoms with Crippen LogP contribution in [-0.2, 0) is 14.2 Å². The molecular formula is C13H16BrNO6. The van der Waals surface area contributed by atoms with Gasteiger partial charge in [0.1, 0.15) is 0 Å². The maximum Gasteiger partial charge on any atom is 0.338 e. The van der Waals surface area contributed by atoms with E-state index in [0.29, 0.717) is 30.7 Å². The molecule has 0 aliphatic rings. The number of carbonyl (C=O) groups excluding carboxylic acids is 1. The Balaban J connectivity index is 2.39. The van der Waals surface area contributed by atoms with Crippen LogP contribution < -0.4 is 0 Å². The summed E-state index contributed by atoms with van der Waals surface area (Å²) in [6.07, 6.45) is 0.550. The molecule has 7 nitrogen and oxygen atoms in total. The van der Waals surface area contributed by atoms with Crippen molar-refractivity contribution in [3.8, 4) is 0 Å². The van der Waals surface area contributed by atoms with Crippen molar-refractivity contribution in [1.82, 2.24) is 0 Å². The van der Waals surface area contributed by atoms with E-state index < -0.39 is 10.9 Å². The van der Waals surface area contributed by atoms with Crippen LogP contribution in [-0.4, -0.2) is 44.4 Å². The minimum Gasteiger partial charge on any atom is -0.462 e. The predicted molar refractivity (Wildman–Crippen MR) is 78.4 cm³/mol. The zero-order chi connectivity index (χ0) is 15.7. The summed E-state index contributed by atoms with van der Waals surface area (Å²) < 4.78 is 15.4. The molecule has 0 bridgehead atoms. The van der Waals surface area contributed by atoms with Gasteiger partial charge in [0.05, 0.1) is 34.8 Å². The standard InChI is InChI=1S/C13H16BrNO6/c1-19-7-8-20-5-2-6-21-13(16)10-3-4-11(14)12(9-10)15(17)18/h3-4,9H,2,5-8H2,1H3. The molecule has 21 heavy (non-hydrogen) atoms. The molecule has 0 heterocycles. The molecule has 0 saturated heterocycles. The highest BCUT2D eigenvalue weighted by Gasteiger charge is 2.16. The molecule has 0 spiro atoms. The van der Waals surface area contributed by atoms with Gasteiger partial charge in [-0.15, -0.1) is 0 Å². The lowest BCUT2D eigenvalue weighted by Gasteiger charge is -2.06. The molecular weight excluding hydrogens is 346 g/mol. The first-order valence-electron chi connectivity index (χ1n) is 6.24. The van der Waals surface area contributed by atoms with Crippen LogP contribution >= 0.6 is 15.9 Å². The van der Waals surface area contributed by atoms with E-state index in [2.05, 4.69) is 15.9 Å². The summed E-state index contributed by atoms with van der Waals surface area (Å²) in [4.78, 5) is 22.0. The Morgan fingerprint density at radius 3 is 2.71 bits per heavy atom.